The van der Waals surface area contributed by atoms with E-state index in [-0.39, 0.29) is 5.92 Å². The van der Waals surface area contributed by atoms with E-state index < -0.39 is 0 Å². The number of aryl methyl sites for hydroxylation is 1. The van der Waals surface area contributed by atoms with Gasteiger partial charge in [-0.1, -0.05) is 26.0 Å². The number of nitrogens with one attached hydrogen (secondary N) is 1. The molecule has 2 heterocycles. The van der Waals surface area contributed by atoms with Crippen LogP contribution >= 0.6 is 0 Å². The SMILES string of the molecule is COc1ccc(COc2nc(-c3cn[nH]c3)nc(C)c2C(C)C)cc1. The van der Waals surface area contributed by atoms with Crippen molar-refractivity contribution in [3.05, 3.63) is 53.5 Å². The quantitative estimate of drug-likeness (QED) is 0.738. The highest BCUT2D eigenvalue weighted by Crippen LogP contribution is 2.30. The molecular weight excluding hydrogens is 316 g/mol. The molecule has 0 atom stereocenters. The van der Waals surface area contributed by atoms with Gasteiger partial charge in [-0.25, -0.2) is 4.98 Å². The van der Waals surface area contributed by atoms with E-state index in [9.17, 15) is 0 Å². The molecule has 3 aromatic rings. The Morgan fingerprint density at radius 3 is 2.48 bits per heavy atom. The van der Waals surface area contributed by atoms with Crippen LogP contribution in [-0.2, 0) is 6.61 Å². The minimum atomic E-state index is 0.268. The third-order valence-electron chi connectivity index (χ3n) is 3.97. The van der Waals surface area contributed by atoms with Gasteiger partial charge in [-0.2, -0.15) is 10.1 Å². The molecule has 1 aromatic carbocycles. The van der Waals surface area contributed by atoms with Crippen molar-refractivity contribution in [1.29, 1.82) is 0 Å². The Hall–Kier alpha value is -2.89. The number of aromatic amines is 1. The van der Waals surface area contributed by atoms with Crippen molar-refractivity contribution in [1.82, 2.24) is 20.2 Å². The molecule has 0 spiro atoms. The molecule has 25 heavy (non-hydrogen) atoms. The number of hydrogen-bond acceptors (Lipinski definition) is 5. The van der Waals surface area contributed by atoms with Crippen molar-refractivity contribution >= 4 is 0 Å². The zero-order valence-corrected chi connectivity index (χ0v) is 14.9. The topological polar surface area (TPSA) is 72.9 Å². The molecule has 0 unspecified atom stereocenters. The standard InChI is InChI=1S/C19H22N4O2/c1-12(2)17-13(3)22-18(15-9-20-21-10-15)23-19(17)25-11-14-5-7-16(24-4)8-6-14/h5-10,12H,11H2,1-4H3,(H,20,21). The van der Waals surface area contributed by atoms with Gasteiger partial charge in [-0.05, 0) is 30.5 Å². The summed E-state index contributed by atoms with van der Waals surface area (Å²) in [6, 6.07) is 7.81. The molecule has 2 aromatic heterocycles. The number of hydrogen-bond donors (Lipinski definition) is 1. The Morgan fingerprint density at radius 2 is 1.88 bits per heavy atom. The number of rotatable bonds is 6. The van der Waals surface area contributed by atoms with Gasteiger partial charge in [-0.15, -0.1) is 0 Å². The van der Waals surface area contributed by atoms with Gasteiger partial charge >= 0.3 is 0 Å². The molecule has 130 valence electrons. The Kier molecular flexibility index (Phi) is 4.97. The van der Waals surface area contributed by atoms with Crippen molar-refractivity contribution < 1.29 is 9.47 Å². The third-order valence-corrected chi connectivity index (χ3v) is 3.97. The summed E-state index contributed by atoms with van der Waals surface area (Å²) in [6.45, 7) is 6.65. The van der Waals surface area contributed by atoms with Gasteiger partial charge in [0.1, 0.15) is 12.4 Å². The van der Waals surface area contributed by atoms with Crippen LogP contribution in [0.15, 0.2) is 36.7 Å². The Bertz CT molecular complexity index is 827. The van der Waals surface area contributed by atoms with Crippen LogP contribution < -0.4 is 9.47 Å². The normalized spacial score (nSPS) is 10.9. The van der Waals surface area contributed by atoms with Crippen molar-refractivity contribution in [3.63, 3.8) is 0 Å². The lowest BCUT2D eigenvalue weighted by molar-refractivity contribution is 0.288. The number of H-pyrrole nitrogens is 1. The molecular formula is C19H22N4O2. The zero-order chi connectivity index (χ0) is 17.8. The van der Waals surface area contributed by atoms with E-state index in [1.54, 1.807) is 19.5 Å². The first kappa shape index (κ1) is 17.0. The van der Waals surface area contributed by atoms with Crippen molar-refractivity contribution in [2.24, 2.45) is 0 Å². The minimum Gasteiger partial charge on any atom is -0.497 e. The second kappa shape index (κ2) is 7.34. The molecule has 6 nitrogen and oxygen atoms in total. The van der Waals surface area contributed by atoms with Gasteiger partial charge in [0.2, 0.25) is 5.88 Å². The summed E-state index contributed by atoms with van der Waals surface area (Å²) >= 11 is 0. The lowest BCUT2D eigenvalue weighted by atomic mass is 10.0. The minimum absolute atomic E-state index is 0.268. The van der Waals surface area contributed by atoms with E-state index in [2.05, 4.69) is 34.0 Å². The maximum atomic E-state index is 6.06. The second-order valence-corrected chi connectivity index (χ2v) is 6.13. The summed E-state index contributed by atoms with van der Waals surface area (Å²) in [5.41, 5.74) is 3.84. The lowest BCUT2D eigenvalue weighted by Crippen LogP contribution is -2.07. The molecule has 3 rings (SSSR count). The average molecular weight is 338 g/mol. The summed E-state index contributed by atoms with van der Waals surface area (Å²) in [5, 5.41) is 6.76. The first-order valence-corrected chi connectivity index (χ1v) is 8.22. The van der Waals surface area contributed by atoms with Gasteiger partial charge in [0.05, 0.1) is 18.9 Å². The Labute approximate surface area is 147 Å². The highest BCUT2D eigenvalue weighted by Gasteiger charge is 2.17. The summed E-state index contributed by atoms with van der Waals surface area (Å²) in [7, 11) is 1.65. The van der Waals surface area contributed by atoms with Crippen molar-refractivity contribution in [2.75, 3.05) is 7.11 Å². The van der Waals surface area contributed by atoms with Gasteiger partial charge in [-0.3, -0.25) is 5.10 Å². The second-order valence-electron chi connectivity index (χ2n) is 6.13. The third kappa shape index (κ3) is 3.79. The fourth-order valence-electron chi connectivity index (χ4n) is 2.71. The van der Waals surface area contributed by atoms with E-state index in [1.165, 1.54) is 0 Å². The number of nitrogens with zero attached hydrogens (tertiary/aromatic N) is 3. The molecule has 1 N–H and O–H groups in total. The highest BCUT2D eigenvalue weighted by molar-refractivity contribution is 5.54. The van der Waals surface area contributed by atoms with Crippen molar-refractivity contribution in [3.8, 4) is 23.0 Å². The molecule has 0 aliphatic rings. The molecule has 0 saturated heterocycles. The molecule has 0 bridgehead atoms. The van der Waals surface area contributed by atoms with E-state index in [0.717, 1.165) is 28.1 Å². The summed E-state index contributed by atoms with van der Waals surface area (Å²) in [4.78, 5) is 9.24. The molecule has 0 saturated carbocycles. The molecule has 0 fully saturated rings. The number of aromatic nitrogens is 4. The van der Waals surface area contributed by atoms with E-state index in [4.69, 9.17) is 9.47 Å². The van der Waals surface area contributed by atoms with Gasteiger partial charge in [0.15, 0.2) is 5.82 Å². The van der Waals surface area contributed by atoms with Gasteiger partial charge in [0.25, 0.3) is 0 Å². The van der Waals surface area contributed by atoms with Gasteiger partial charge in [0, 0.05) is 17.5 Å². The predicted octanol–water partition coefficient (Wildman–Crippen LogP) is 3.89. The first-order valence-electron chi connectivity index (χ1n) is 8.22. The number of ether oxygens (including phenoxy) is 2. The van der Waals surface area contributed by atoms with E-state index in [0.29, 0.717) is 18.3 Å². The van der Waals surface area contributed by atoms with Gasteiger partial charge < -0.3 is 9.47 Å². The number of benzene rings is 1. The summed E-state index contributed by atoms with van der Waals surface area (Å²) in [6.07, 6.45) is 3.48. The maximum absolute atomic E-state index is 6.06. The number of methoxy groups -OCH3 is 1. The first-order chi connectivity index (χ1) is 12.1. The van der Waals surface area contributed by atoms with Crippen LogP contribution in [-0.4, -0.2) is 27.3 Å². The zero-order valence-electron chi connectivity index (χ0n) is 14.9. The highest BCUT2D eigenvalue weighted by atomic mass is 16.5. The largest absolute Gasteiger partial charge is 0.497 e. The summed E-state index contributed by atoms with van der Waals surface area (Å²) in [5.74, 6) is 2.32. The fourth-order valence-corrected chi connectivity index (χ4v) is 2.71. The van der Waals surface area contributed by atoms with Crippen LogP contribution in [0.25, 0.3) is 11.4 Å². The van der Waals surface area contributed by atoms with E-state index >= 15 is 0 Å². The van der Waals surface area contributed by atoms with Crippen LogP contribution in [0.3, 0.4) is 0 Å². The molecule has 0 amide bonds. The molecule has 0 aliphatic heterocycles. The van der Waals surface area contributed by atoms with Crippen LogP contribution in [0.2, 0.25) is 0 Å². The van der Waals surface area contributed by atoms with E-state index in [1.807, 2.05) is 31.2 Å². The Morgan fingerprint density at radius 1 is 1.12 bits per heavy atom. The van der Waals surface area contributed by atoms with Crippen LogP contribution in [0.5, 0.6) is 11.6 Å². The maximum Gasteiger partial charge on any atom is 0.221 e. The fraction of sp³-hybridized carbons (Fsp3) is 0.316. The van der Waals surface area contributed by atoms with Crippen LogP contribution in [0.4, 0.5) is 0 Å². The monoisotopic (exact) mass is 338 g/mol. The average Bonchev–Trinajstić information content (AvgIpc) is 3.14. The van der Waals surface area contributed by atoms with Crippen LogP contribution in [0, 0.1) is 6.92 Å². The molecule has 0 aliphatic carbocycles. The lowest BCUT2D eigenvalue weighted by Gasteiger charge is -2.16. The predicted molar refractivity (Wildman–Crippen MR) is 95.8 cm³/mol. The molecule has 0 radical (unpaired) electrons. The Balaban J connectivity index is 1.89. The van der Waals surface area contributed by atoms with Crippen molar-refractivity contribution in [2.45, 2.75) is 33.3 Å². The summed E-state index contributed by atoms with van der Waals surface area (Å²) < 4.78 is 11.2. The molecule has 6 heteroatoms. The smallest absolute Gasteiger partial charge is 0.221 e. The van der Waals surface area contributed by atoms with Crippen LogP contribution in [0.1, 0.15) is 36.6 Å².